The van der Waals surface area contributed by atoms with Crippen molar-refractivity contribution >= 4 is 11.7 Å². The van der Waals surface area contributed by atoms with Gasteiger partial charge in [0, 0.05) is 37.9 Å². The van der Waals surface area contributed by atoms with Crippen LogP contribution in [0, 0.1) is 13.8 Å². The Hall–Kier alpha value is -3.51. The molecule has 2 aliphatic heterocycles. The number of amides is 2. The van der Waals surface area contributed by atoms with Gasteiger partial charge in [-0.3, -0.25) is 4.90 Å². The SMILES string of the molecule is Cc1ccc(NC(=O)N(Cc2ccc3c(c2)OCO3)C2CCN(Cc3ccccc3)CC2)cc1C. The minimum Gasteiger partial charge on any atom is -0.454 e. The van der Waals surface area contributed by atoms with Gasteiger partial charge in [-0.2, -0.15) is 0 Å². The van der Waals surface area contributed by atoms with Crippen LogP contribution in [0.5, 0.6) is 11.5 Å². The quantitative estimate of drug-likeness (QED) is 0.499. The molecule has 0 spiro atoms. The Kier molecular flexibility index (Phi) is 6.91. The number of nitrogens with one attached hydrogen (secondary N) is 1. The van der Waals surface area contributed by atoms with Crippen LogP contribution < -0.4 is 14.8 Å². The molecule has 3 aromatic carbocycles. The average Bonchev–Trinajstić information content (AvgIpc) is 3.34. The first-order chi connectivity index (χ1) is 17.0. The molecule has 0 saturated carbocycles. The van der Waals surface area contributed by atoms with Gasteiger partial charge in [0.05, 0.1) is 0 Å². The summed E-state index contributed by atoms with van der Waals surface area (Å²) in [4.78, 5) is 18.0. The Labute approximate surface area is 207 Å². The maximum Gasteiger partial charge on any atom is 0.322 e. The normalized spacial score (nSPS) is 15.7. The van der Waals surface area contributed by atoms with Crippen molar-refractivity contribution in [2.75, 3.05) is 25.2 Å². The third kappa shape index (κ3) is 5.60. The minimum atomic E-state index is -0.0626. The number of hydrogen-bond donors (Lipinski definition) is 1. The zero-order valence-electron chi connectivity index (χ0n) is 20.5. The Bertz CT molecular complexity index is 1170. The molecule has 0 radical (unpaired) electrons. The molecule has 1 saturated heterocycles. The lowest BCUT2D eigenvalue weighted by Gasteiger charge is -2.38. The van der Waals surface area contributed by atoms with Gasteiger partial charge in [0.25, 0.3) is 0 Å². The van der Waals surface area contributed by atoms with Gasteiger partial charge < -0.3 is 19.7 Å². The van der Waals surface area contributed by atoms with E-state index >= 15 is 0 Å². The van der Waals surface area contributed by atoms with Gasteiger partial charge in [-0.15, -0.1) is 0 Å². The summed E-state index contributed by atoms with van der Waals surface area (Å²) in [5.74, 6) is 1.50. The molecule has 6 heteroatoms. The fourth-order valence-electron chi connectivity index (χ4n) is 4.85. The van der Waals surface area contributed by atoms with Crippen molar-refractivity contribution in [3.8, 4) is 11.5 Å². The molecule has 0 unspecified atom stereocenters. The average molecular weight is 472 g/mol. The highest BCUT2D eigenvalue weighted by Gasteiger charge is 2.29. The van der Waals surface area contributed by atoms with Crippen LogP contribution >= 0.6 is 0 Å². The van der Waals surface area contributed by atoms with Crippen LogP contribution in [0.4, 0.5) is 10.5 Å². The smallest absolute Gasteiger partial charge is 0.322 e. The third-order valence-electron chi connectivity index (χ3n) is 7.06. The largest absolute Gasteiger partial charge is 0.454 e. The zero-order valence-corrected chi connectivity index (χ0v) is 20.5. The number of piperidine rings is 1. The molecule has 2 amide bonds. The van der Waals surface area contributed by atoms with E-state index in [9.17, 15) is 4.79 Å². The highest BCUT2D eigenvalue weighted by atomic mass is 16.7. The molecule has 1 fully saturated rings. The number of urea groups is 1. The molecule has 35 heavy (non-hydrogen) atoms. The van der Waals surface area contributed by atoms with E-state index in [2.05, 4.69) is 60.5 Å². The van der Waals surface area contributed by atoms with Crippen LogP contribution in [-0.2, 0) is 13.1 Å². The predicted molar refractivity (Wildman–Crippen MR) is 138 cm³/mol. The summed E-state index contributed by atoms with van der Waals surface area (Å²) in [5.41, 5.74) is 5.58. The molecule has 0 aliphatic carbocycles. The van der Waals surface area contributed by atoms with Gasteiger partial charge in [0.15, 0.2) is 11.5 Å². The Morgan fingerprint density at radius 2 is 1.69 bits per heavy atom. The molecule has 0 bridgehead atoms. The van der Waals surface area contributed by atoms with Gasteiger partial charge in [-0.05, 0) is 73.2 Å². The van der Waals surface area contributed by atoms with Crippen LogP contribution in [-0.4, -0.2) is 41.8 Å². The van der Waals surface area contributed by atoms with Gasteiger partial charge in [0.2, 0.25) is 6.79 Å². The number of fused-ring (bicyclic) bond motifs is 1. The van der Waals surface area contributed by atoms with Crippen LogP contribution in [0.1, 0.15) is 35.1 Å². The minimum absolute atomic E-state index is 0.0626. The second-order valence-corrected chi connectivity index (χ2v) is 9.54. The Morgan fingerprint density at radius 3 is 2.46 bits per heavy atom. The van der Waals surface area contributed by atoms with Crippen LogP contribution in [0.3, 0.4) is 0 Å². The monoisotopic (exact) mass is 471 g/mol. The third-order valence-corrected chi connectivity index (χ3v) is 7.06. The van der Waals surface area contributed by atoms with Crippen molar-refractivity contribution in [1.82, 2.24) is 9.80 Å². The summed E-state index contributed by atoms with van der Waals surface area (Å²) >= 11 is 0. The molecule has 6 nitrogen and oxygen atoms in total. The molecular weight excluding hydrogens is 438 g/mol. The van der Waals surface area contributed by atoms with E-state index in [1.807, 2.05) is 35.2 Å². The number of carbonyl (C=O) groups excluding carboxylic acids is 1. The lowest BCUT2D eigenvalue weighted by molar-refractivity contribution is 0.119. The molecule has 3 aromatic rings. The first-order valence-electron chi connectivity index (χ1n) is 12.3. The maximum atomic E-state index is 13.6. The van der Waals surface area contributed by atoms with E-state index < -0.39 is 0 Å². The summed E-state index contributed by atoms with van der Waals surface area (Å²) in [5, 5.41) is 3.15. The first kappa shape index (κ1) is 23.2. The van der Waals surface area contributed by atoms with Gasteiger partial charge >= 0.3 is 6.03 Å². The van der Waals surface area contributed by atoms with Gasteiger partial charge in [0.1, 0.15) is 0 Å². The van der Waals surface area contributed by atoms with Crippen molar-refractivity contribution < 1.29 is 14.3 Å². The van der Waals surface area contributed by atoms with E-state index in [4.69, 9.17) is 9.47 Å². The number of anilines is 1. The van der Waals surface area contributed by atoms with E-state index in [-0.39, 0.29) is 18.9 Å². The fourth-order valence-corrected chi connectivity index (χ4v) is 4.85. The topological polar surface area (TPSA) is 54.0 Å². The maximum absolute atomic E-state index is 13.6. The summed E-state index contributed by atoms with van der Waals surface area (Å²) in [6.45, 7) is 7.80. The van der Waals surface area contributed by atoms with E-state index in [1.54, 1.807) is 0 Å². The highest BCUT2D eigenvalue weighted by molar-refractivity contribution is 5.89. The first-order valence-corrected chi connectivity index (χ1v) is 12.3. The Morgan fingerprint density at radius 1 is 0.914 bits per heavy atom. The molecule has 5 rings (SSSR count). The van der Waals surface area contributed by atoms with Crippen LogP contribution in [0.2, 0.25) is 0 Å². The Balaban J connectivity index is 1.30. The highest BCUT2D eigenvalue weighted by Crippen LogP contribution is 2.33. The number of ether oxygens (including phenoxy) is 2. The van der Waals surface area contributed by atoms with Crippen molar-refractivity contribution in [2.24, 2.45) is 0 Å². The molecule has 1 N–H and O–H groups in total. The lowest BCUT2D eigenvalue weighted by atomic mass is 10.0. The van der Waals surface area contributed by atoms with Crippen molar-refractivity contribution in [2.45, 2.75) is 45.8 Å². The predicted octanol–water partition coefficient (Wildman–Crippen LogP) is 5.73. The molecular formula is C29H33N3O3. The lowest BCUT2D eigenvalue weighted by Crippen LogP contribution is -2.48. The molecule has 0 aromatic heterocycles. The molecule has 182 valence electrons. The molecule has 2 aliphatic rings. The molecule has 0 atom stereocenters. The van der Waals surface area contributed by atoms with Gasteiger partial charge in [-0.25, -0.2) is 4.79 Å². The number of nitrogens with zero attached hydrogens (tertiary/aromatic N) is 2. The fraction of sp³-hybridized carbons (Fsp3) is 0.345. The number of rotatable bonds is 6. The molecule has 2 heterocycles. The second kappa shape index (κ2) is 10.4. The number of benzene rings is 3. The zero-order chi connectivity index (χ0) is 24.2. The van der Waals surface area contributed by atoms with E-state index in [0.717, 1.165) is 55.2 Å². The number of hydrogen-bond acceptors (Lipinski definition) is 4. The summed E-state index contributed by atoms with van der Waals surface area (Å²) in [6, 6.07) is 22.7. The van der Waals surface area contributed by atoms with E-state index in [1.165, 1.54) is 16.7 Å². The van der Waals surface area contributed by atoms with Crippen LogP contribution in [0.25, 0.3) is 0 Å². The number of aryl methyl sites for hydroxylation is 2. The van der Waals surface area contributed by atoms with Gasteiger partial charge in [-0.1, -0.05) is 42.5 Å². The summed E-state index contributed by atoms with van der Waals surface area (Å²) < 4.78 is 11.0. The van der Waals surface area contributed by atoms with Crippen molar-refractivity contribution in [3.05, 3.63) is 89.0 Å². The standard InChI is InChI=1S/C29H33N3O3/c1-21-8-10-25(16-22(21)2)30-29(33)32(19-24-9-11-27-28(17-24)35-20-34-27)26-12-14-31(15-13-26)18-23-6-4-3-5-7-23/h3-11,16-17,26H,12-15,18-20H2,1-2H3,(H,30,33). The summed E-state index contributed by atoms with van der Waals surface area (Å²) in [7, 11) is 0. The van der Waals surface area contributed by atoms with Crippen molar-refractivity contribution in [3.63, 3.8) is 0 Å². The summed E-state index contributed by atoms with van der Waals surface area (Å²) in [6.07, 6.45) is 1.88. The number of carbonyl (C=O) groups is 1. The number of likely N-dealkylation sites (tertiary alicyclic amines) is 1. The van der Waals surface area contributed by atoms with E-state index in [0.29, 0.717) is 6.54 Å². The second-order valence-electron chi connectivity index (χ2n) is 9.54. The van der Waals surface area contributed by atoms with Crippen LogP contribution in [0.15, 0.2) is 66.7 Å². The van der Waals surface area contributed by atoms with Crippen molar-refractivity contribution in [1.29, 1.82) is 0 Å².